The third-order valence-electron chi connectivity index (χ3n) is 2.74. The van der Waals surface area contributed by atoms with E-state index in [1.165, 1.54) is 6.07 Å². The molecule has 0 aliphatic heterocycles. The number of hydrogen-bond donors (Lipinski definition) is 1. The zero-order chi connectivity index (χ0) is 14.5. The van der Waals surface area contributed by atoms with E-state index in [-0.39, 0.29) is 18.1 Å². The average molecular weight is 315 g/mol. The Hall–Kier alpha value is -1.29. The van der Waals surface area contributed by atoms with Gasteiger partial charge in [0.15, 0.2) is 0 Å². The molecular weight excluding hydrogens is 302 g/mol. The van der Waals surface area contributed by atoms with Crippen LogP contribution in [-0.4, -0.2) is 17.8 Å². The normalized spacial score (nSPS) is 12.2. The van der Waals surface area contributed by atoms with Gasteiger partial charge in [0.25, 0.3) is 0 Å². The fourth-order valence-electron chi connectivity index (χ4n) is 1.74. The Bertz CT molecular complexity index is 573. The van der Waals surface area contributed by atoms with Crippen molar-refractivity contribution in [1.29, 1.82) is 0 Å². The summed E-state index contributed by atoms with van der Waals surface area (Å²) in [6.07, 6.45) is -0.682. The third-order valence-corrected chi connectivity index (χ3v) is 3.29. The zero-order valence-electron chi connectivity index (χ0n) is 10.5. The Morgan fingerprint density at radius 2 is 1.80 bits per heavy atom. The number of rotatable bonds is 5. The summed E-state index contributed by atoms with van der Waals surface area (Å²) >= 11 is 11.4. The average Bonchev–Trinajstić information content (AvgIpc) is 2.43. The summed E-state index contributed by atoms with van der Waals surface area (Å²) in [6.45, 7) is 0.0631. The van der Waals surface area contributed by atoms with E-state index in [2.05, 4.69) is 0 Å². The largest absolute Gasteiger partial charge is 0.491 e. The van der Waals surface area contributed by atoms with Crippen LogP contribution in [0.25, 0.3) is 0 Å². The Morgan fingerprint density at radius 3 is 2.50 bits per heavy atom. The predicted octanol–water partition coefficient (Wildman–Crippen LogP) is 4.11. The molecule has 0 aromatic heterocycles. The minimum Gasteiger partial charge on any atom is -0.491 e. The second-order valence-corrected chi connectivity index (χ2v) is 5.18. The van der Waals surface area contributed by atoms with E-state index in [0.29, 0.717) is 16.3 Å². The molecule has 5 heteroatoms. The lowest BCUT2D eigenvalue weighted by atomic mass is 10.1. The minimum atomic E-state index is -0.821. The summed E-state index contributed by atoms with van der Waals surface area (Å²) < 4.78 is 19.1. The van der Waals surface area contributed by atoms with Crippen molar-refractivity contribution >= 4 is 23.2 Å². The summed E-state index contributed by atoms with van der Waals surface area (Å²) in [7, 11) is 0. The standard InChI is InChI=1S/C15H13Cl2FO2/c16-11-4-6-13(7-5-11)20-9-12(19)8-10-2-1-3-14(17)15(10)18/h1-7,12,19H,8-9H2. The molecule has 0 amide bonds. The molecule has 0 spiro atoms. The van der Waals surface area contributed by atoms with E-state index >= 15 is 0 Å². The molecule has 1 unspecified atom stereocenters. The molecule has 0 aliphatic rings. The molecule has 2 nitrogen and oxygen atoms in total. The van der Waals surface area contributed by atoms with Crippen molar-refractivity contribution in [2.75, 3.05) is 6.61 Å². The molecular formula is C15H13Cl2FO2. The number of benzene rings is 2. The van der Waals surface area contributed by atoms with Crippen LogP contribution in [0.4, 0.5) is 4.39 Å². The van der Waals surface area contributed by atoms with Gasteiger partial charge in [0.05, 0.1) is 11.1 Å². The second-order valence-electron chi connectivity index (χ2n) is 4.34. The number of halogens is 3. The first-order chi connectivity index (χ1) is 9.56. The van der Waals surface area contributed by atoms with Gasteiger partial charge in [-0.1, -0.05) is 35.3 Å². The lowest BCUT2D eigenvalue weighted by Gasteiger charge is -2.13. The van der Waals surface area contributed by atoms with Crippen LogP contribution in [0.3, 0.4) is 0 Å². The molecule has 2 aromatic rings. The first-order valence-corrected chi connectivity index (χ1v) is 6.81. The maximum atomic E-state index is 13.7. The van der Waals surface area contributed by atoms with Gasteiger partial charge in [0.1, 0.15) is 18.2 Å². The highest BCUT2D eigenvalue weighted by atomic mass is 35.5. The predicted molar refractivity (Wildman–Crippen MR) is 78.1 cm³/mol. The fraction of sp³-hybridized carbons (Fsp3) is 0.200. The van der Waals surface area contributed by atoms with E-state index < -0.39 is 11.9 Å². The Balaban J connectivity index is 1.91. The first kappa shape index (κ1) is 15.1. The molecule has 1 atom stereocenters. The highest BCUT2D eigenvalue weighted by molar-refractivity contribution is 6.31. The van der Waals surface area contributed by atoms with Crippen LogP contribution in [0.1, 0.15) is 5.56 Å². The highest BCUT2D eigenvalue weighted by Crippen LogP contribution is 2.20. The molecule has 0 fully saturated rings. The summed E-state index contributed by atoms with van der Waals surface area (Å²) in [4.78, 5) is 0. The number of aliphatic hydroxyl groups excluding tert-OH is 1. The lowest BCUT2D eigenvalue weighted by Crippen LogP contribution is -2.20. The van der Waals surface area contributed by atoms with Gasteiger partial charge in [0.2, 0.25) is 0 Å². The Kier molecular flexibility index (Phi) is 5.24. The second kappa shape index (κ2) is 6.93. The van der Waals surface area contributed by atoms with Crippen LogP contribution in [-0.2, 0) is 6.42 Å². The summed E-state index contributed by atoms with van der Waals surface area (Å²) in [5.74, 6) is 0.0970. The van der Waals surface area contributed by atoms with Crippen LogP contribution in [0.2, 0.25) is 10.0 Å². The quantitative estimate of drug-likeness (QED) is 0.899. The maximum Gasteiger partial charge on any atom is 0.145 e. The van der Waals surface area contributed by atoms with Gasteiger partial charge >= 0.3 is 0 Å². The first-order valence-electron chi connectivity index (χ1n) is 6.05. The van der Waals surface area contributed by atoms with E-state index in [1.54, 1.807) is 36.4 Å². The van der Waals surface area contributed by atoms with Gasteiger partial charge in [-0.05, 0) is 35.9 Å². The molecule has 0 saturated carbocycles. The van der Waals surface area contributed by atoms with Gasteiger partial charge in [-0.3, -0.25) is 0 Å². The summed E-state index contributed by atoms with van der Waals surface area (Å²) in [5.41, 5.74) is 0.365. The van der Waals surface area contributed by atoms with Crippen molar-refractivity contribution < 1.29 is 14.2 Å². The molecule has 0 aliphatic carbocycles. The molecule has 0 saturated heterocycles. The molecule has 0 bridgehead atoms. The zero-order valence-corrected chi connectivity index (χ0v) is 12.0. The Morgan fingerprint density at radius 1 is 1.10 bits per heavy atom. The van der Waals surface area contributed by atoms with Crippen molar-refractivity contribution in [3.8, 4) is 5.75 Å². The van der Waals surface area contributed by atoms with Gasteiger partial charge in [0, 0.05) is 11.4 Å². The lowest BCUT2D eigenvalue weighted by molar-refractivity contribution is 0.107. The molecule has 106 valence electrons. The van der Waals surface area contributed by atoms with Crippen LogP contribution >= 0.6 is 23.2 Å². The summed E-state index contributed by atoms with van der Waals surface area (Å²) in [5, 5.41) is 10.5. The Labute approximate surface area is 126 Å². The molecule has 0 heterocycles. The number of ether oxygens (including phenoxy) is 1. The van der Waals surface area contributed by atoms with Gasteiger partial charge < -0.3 is 9.84 Å². The molecule has 2 rings (SSSR count). The van der Waals surface area contributed by atoms with Crippen molar-refractivity contribution in [1.82, 2.24) is 0 Å². The van der Waals surface area contributed by atoms with E-state index in [0.717, 1.165) is 0 Å². The van der Waals surface area contributed by atoms with Gasteiger partial charge in [-0.15, -0.1) is 0 Å². The molecule has 2 aromatic carbocycles. The van der Waals surface area contributed by atoms with Gasteiger partial charge in [-0.2, -0.15) is 0 Å². The fourth-order valence-corrected chi connectivity index (χ4v) is 2.06. The monoisotopic (exact) mass is 314 g/mol. The van der Waals surface area contributed by atoms with E-state index in [1.807, 2.05) is 0 Å². The van der Waals surface area contributed by atoms with E-state index in [9.17, 15) is 9.50 Å². The van der Waals surface area contributed by atoms with Crippen molar-refractivity contribution in [2.24, 2.45) is 0 Å². The number of aliphatic hydroxyl groups is 1. The van der Waals surface area contributed by atoms with Crippen LogP contribution in [0.5, 0.6) is 5.75 Å². The van der Waals surface area contributed by atoms with Crippen molar-refractivity contribution in [3.05, 3.63) is 63.9 Å². The van der Waals surface area contributed by atoms with E-state index in [4.69, 9.17) is 27.9 Å². The maximum absolute atomic E-state index is 13.7. The highest BCUT2D eigenvalue weighted by Gasteiger charge is 2.12. The molecule has 0 radical (unpaired) electrons. The topological polar surface area (TPSA) is 29.5 Å². The van der Waals surface area contributed by atoms with Crippen molar-refractivity contribution in [3.63, 3.8) is 0 Å². The molecule has 20 heavy (non-hydrogen) atoms. The van der Waals surface area contributed by atoms with Crippen LogP contribution < -0.4 is 4.74 Å². The molecule has 1 N–H and O–H groups in total. The SMILES string of the molecule is OC(COc1ccc(Cl)cc1)Cc1cccc(Cl)c1F. The third kappa shape index (κ3) is 4.10. The van der Waals surface area contributed by atoms with Crippen molar-refractivity contribution in [2.45, 2.75) is 12.5 Å². The minimum absolute atomic E-state index is 0.0494. The smallest absolute Gasteiger partial charge is 0.145 e. The number of hydrogen-bond acceptors (Lipinski definition) is 2. The van der Waals surface area contributed by atoms with Crippen LogP contribution in [0, 0.1) is 5.82 Å². The van der Waals surface area contributed by atoms with Gasteiger partial charge in [-0.25, -0.2) is 4.39 Å². The summed E-state index contributed by atoms with van der Waals surface area (Å²) in [6, 6.07) is 11.5. The van der Waals surface area contributed by atoms with Crippen LogP contribution in [0.15, 0.2) is 42.5 Å².